The molecule has 26 heavy (non-hydrogen) atoms. The topological polar surface area (TPSA) is 97.5 Å². The highest BCUT2D eigenvalue weighted by molar-refractivity contribution is 7.93. The summed E-state index contributed by atoms with van der Waals surface area (Å²) in [6.07, 6.45) is 0.530. The van der Waals surface area contributed by atoms with Gasteiger partial charge in [-0.3, -0.25) is 4.31 Å². The minimum absolute atomic E-state index is 0.0905. The van der Waals surface area contributed by atoms with Crippen molar-refractivity contribution >= 4 is 25.7 Å². The number of fused-ring (bicyclic) bond motifs is 1. The van der Waals surface area contributed by atoms with E-state index in [-0.39, 0.29) is 11.4 Å². The highest BCUT2D eigenvalue weighted by Gasteiger charge is 2.34. The third kappa shape index (κ3) is 2.91. The molecule has 1 heterocycles. The van der Waals surface area contributed by atoms with Crippen LogP contribution in [0.5, 0.6) is 0 Å². The van der Waals surface area contributed by atoms with Gasteiger partial charge < -0.3 is 0 Å². The first kappa shape index (κ1) is 18.9. The van der Waals surface area contributed by atoms with Gasteiger partial charge in [0.2, 0.25) is 10.0 Å². The maximum atomic E-state index is 13.4. The summed E-state index contributed by atoms with van der Waals surface area (Å²) in [7, 11) is -7.73. The van der Waals surface area contributed by atoms with Crippen molar-refractivity contribution in [1.82, 2.24) is 0 Å². The van der Waals surface area contributed by atoms with Gasteiger partial charge in [-0.2, -0.15) is 0 Å². The molecule has 0 radical (unpaired) electrons. The molecule has 0 spiro atoms. The highest BCUT2D eigenvalue weighted by Crippen LogP contribution is 2.37. The maximum Gasteiger partial charge on any atom is 0.264 e. The lowest BCUT2D eigenvalue weighted by atomic mass is 10.0. The van der Waals surface area contributed by atoms with Gasteiger partial charge in [0.25, 0.3) is 10.0 Å². The Bertz CT molecular complexity index is 1090. The number of primary sulfonamides is 1. The van der Waals surface area contributed by atoms with Crippen LogP contribution < -0.4 is 9.44 Å². The van der Waals surface area contributed by atoms with Crippen molar-refractivity contribution in [3.63, 3.8) is 0 Å². The summed E-state index contributed by atoms with van der Waals surface area (Å²) in [5, 5.41) is 5.21. The molecule has 0 unspecified atom stereocenters. The number of nitrogens with two attached hydrogens (primary N) is 1. The summed E-state index contributed by atoms with van der Waals surface area (Å²) in [5.74, 6) is 0. The first-order valence-electron chi connectivity index (χ1n) is 8.20. The molecule has 140 valence electrons. The molecule has 0 aromatic heterocycles. The Labute approximate surface area is 154 Å². The zero-order valence-corrected chi connectivity index (χ0v) is 16.8. The second-order valence-electron chi connectivity index (χ2n) is 6.75. The fraction of sp³-hybridized carbons (Fsp3) is 0.333. The van der Waals surface area contributed by atoms with Crippen LogP contribution in [0.15, 0.2) is 34.1 Å². The van der Waals surface area contributed by atoms with E-state index in [0.717, 1.165) is 16.7 Å². The third-order valence-corrected chi connectivity index (χ3v) is 8.08. The van der Waals surface area contributed by atoms with Gasteiger partial charge in [0.05, 0.1) is 15.5 Å². The van der Waals surface area contributed by atoms with Crippen molar-refractivity contribution < 1.29 is 16.8 Å². The molecule has 0 atom stereocenters. The number of rotatable bonds is 3. The van der Waals surface area contributed by atoms with Crippen molar-refractivity contribution in [3.05, 3.63) is 52.1 Å². The Morgan fingerprint density at radius 1 is 0.923 bits per heavy atom. The number of benzene rings is 2. The first-order valence-corrected chi connectivity index (χ1v) is 11.2. The molecule has 1 aliphatic rings. The van der Waals surface area contributed by atoms with E-state index in [0.29, 0.717) is 28.1 Å². The monoisotopic (exact) mass is 394 g/mol. The minimum atomic E-state index is -3.91. The van der Waals surface area contributed by atoms with Crippen LogP contribution in [0.25, 0.3) is 0 Å². The smallest absolute Gasteiger partial charge is 0.264 e. The summed E-state index contributed by atoms with van der Waals surface area (Å²) >= 11 is 0. The number of hydrogen-bond acceptors (Lipinski definition) is 4. The predicted octanol–water partition coefficient (Wildman–Crippen LogP) is 2.32. The zero-order chi connectivity index (χ0) is 19.4. The Hall–Kier alpha value is -1.90. The summed E-state index contributed by atoms with van der Waals surface area (Å²) in [6.45, 7) is 7.64. The minimum Gasteiger partial charge on any atom is -0.266 e. The average molecular weight is 395 g/mol. The van der Waals surface area contributed by atoms with Gasteiger partial charge in [-0.1, -0.05) is 12.1 Å². The van der Waals surface area contributed by atoms with Gasteiger partial charge in [-0.15, -0.1) is 0 Å². The number of anilines is 1. The van der Waals surface area contributed by atoms with Crippen molar-refractivity contribution in [3.8, 4) is 0 Å². The summed E-state index contributed by atoms with van der Waals surface area (Å²) in [6, 6.07) is 6.37. The molecule has 2 aromatic rings. The third-order valence-electron chi connectivity index (χ3n) is 5.08. The van der Waals surface area contributed by atoms with Gasteiger partial charge in [-0.25, -0.2) is 22.0 Å². The van der Waals surface area contributed by atoms with Gasteiger partial charge in [-0.05, 0) is 74.1 Å². The maximum absolute atomic E-state index is 13.4. The molecule has 2 aromatic carbocycles. The number of hydrogen-bond donors (Lipinski definition) is 1. The van der Waals surface area contributed by atoms with Gasteiger partial charge in [0.1, 0.15) is 0 Å². The molecular weight excluding hydrogens is 372 g/mol. The van der Waals surface area contributed by atoms with Crippen molar-refractivity contribution in [2.45, 2.75) is 43.9 Å². The van der Waals surface area contributed by atoms with E-state index in [1.807, 2.05) is 19.9 Å². The molecule has 2 N–H and O–H groups in total. The van der Waals surface area contributed by atoms with E-state index in [9.17, 15) is 16.8 Å². The highest BCUT2D eigenvalue weighted by atomic mass is 32.2. The molecule has 6 nitrogen and oxygen atoms in total. The number of sulfonamides is 2. The predicted molar refractivity (Wildman–Crippen MR) is 101 cm³/mol. The largest absolute Gasteiger partial charge is 0.266 e. The van der Waals surface area contributed by atoms with E-state index in [1.54, 1.807) is 19.9 Å². The SMILES string of the molecule is Cc1cc(C)c(C)c(S(=O)(=O)N2CCc3ccc(S(N)(=O)=O)cc32)c1C. The van der Waals surface area contributed by atoms with Gasteiger partial charge in [0.15, 0.2) is 0 Å². The van der Waals surface area contributed by atoms with E-state index in [4.69, 9.17) is 5.14 Å². The standard InChI is InChI=1S/C18H22N2O4S2/c1-11-9-12(2)14(4)18(13(11)3)26(23,24)20-8-7-15-5-6-16(10-17(15)20)25(19,21)22/h5-6,9-10H,7-8H2,1-4H3,(H2,19,21,22). The average Bonchev–Trinajstić information content (AvgIpc) is 2.96. The van der Waals surface area contributed by atoms with Crippen LogP contribution in [0.4, 0.5) is 5.69 Å². The second kappa shape index (κ2) is 6.07. The number of aryl methyl sites for hydroxylation is 2. The zero-order valence-electron chi connectivity index (χ0n) is 15.2. The fourth-order valence-corrected chi connectivity index (χ4v) is 6.04. The lowest BCUT2D eigenvalue weighted by Crippen LogP contribution is -2.31. The Balaban J connectivity index is 2.22. The molecule has 1 aliphatic heterocycles. The second-order valence-corrected chi connectivity index (χ2v) is 10.1. The van der Waals surface area contributed by atoms with Crippen LogP contribution in [0.3, 0.4) is 0 Å². The molecule has 0 bridgehead atoms. The van der Waals surface area contributed by atoms with Crippen LogP contribution in [0.1, 0.15) is 27.8 Å². The molecule has 8 heteroatoms. The van der Waals surface area contributed by atoms with Crippen LogP contribution in [0.2, 0.25) is 0 Å². The lowest BCUT2D eigenvalue weighted by molar-refractivity contribution is 0.589. The van der Waals surface area contributed by atoms with Crippen LogP contribution in [-0.4, -0.2) is 23.4 Å². The van der Waals surface area contributed by atoms with Crippen LogP contribution >= 0.6 is 0 Å². The lowest BCUT2D eigenvalue weighted by Gasteiger charge is -2.24. The Morgan fingerprint density at radius 2 is 1.50 bits per heavy atom. The van der Waals surface area contributed by atoms with E-state index < -0.39 is 20.0 Å². The van der Waals surface area contributed by atoms with E-state index in [2.05, 4.69) is 0 Å². The van der Waals surface area contributed by atoms with Crippen LogP contribution in [-0.2, 0) is 26.5 Å². The first-order chi connectivity index (χ1) is 11.9. The van der Waals surface area contributed by atoms with E-state index in [1.165, 1.54) is 16.4 Å². The summed E-state index contributed by atoms with van der Waals surface area (Å²) in [4.78, 5) is 0.205. The molecule has 0 aliphatic carbocycles. The van der Waals surface area contributed by atoms with Gasteiger partial charge >= 0.3 is 0 Å². The van der Waals surface area contributed by atoms with Crippen molar-refractivity contribution in [2.75, 3.05) is 10.8 Å². The molecule has 0 saturated carbocycles. The fourth-order valence-electron chi connectivity index (χ4n) is 3.43. The van der Waals surface area contributed by atoms with Crippen molar-refractivity contribution in [1.29, 1.82) is 0 Å². The Morgan fingerprint density at radius 3 is 2.04 bits per heavy atom. The number of nitrogens with zero attached hydrogens (tertiary/aromatic N) is 1. The summed E-state index contributed by atoms with van der Waals surface area (Å²) < 4.78 is 51.5. The molecule has 0 fully saturated rings. The Kier molecular flexibility index (Phi) is 4.41. The molecule has 3 rings (SSSR count). The van der Waals surface area contributed by atoms with Crippen LogP contribution in [0, 0.1) is 27.7 Å². The van der Waals surface area contributed by atoms with E-state index >= 15 is 0 Å². The molecule has 0 saturated heterocycles. The quantitative estimate of drug-likeness (QED) is 0.864. The molecular formula is C18H22N2O4S2. The molecule has 0 amide bonds. The summed E-state index contributed by atoms with van der Waals surface area (Å²) in [5.41, 5.74) is 4.41. The van der Waals surface area contributed by atoms with Crippen molar-refractivity contribution in [2.24, 2.45) is 5.14 Å². The van der Waals surface area contributed by atoms with Gasteiger partial charge in [0, 0.05) is 6.54 Å². The normalized spacial score (nSPS) is 14.6.